The van der Waals surface area contributed by atoms with Gasteiger partial charge >= 0.3 is 5.97 Å². The first-order valence-electron chi connectivity index (χ1n) is 9.23. The molecule has 0 aliphatic carbocycles. The van der Waals surface area contributed by atoms with Crippen molar-refractivity contribution in [3.63, 3.8) is 0 Å². The lowest BCUT2D eigenvalue weighted by Gasteiger charge is -2.34. The standard InChI is InChI=1S/C20H23N5O4/c1-13-12-17(18(27)22-16-6-4-15(5-7-16)19(28)29-3)23-20(21-13)25-10-8-24(9-11-25)14(2)26/h4-7,12H,8-11H2,1-3H3,(H,22,27). The minimum atomic E-state index is -0.441. The lowest BCUT2D eigenvalue weighted by Crippen LogP contribution is -2.48. The number of anilines is 2. The molecule has 2 aromatic rings. The van der Waals surface area contributed by atoms with Gasteiger partial charge in [0.1, 0.15) is 5.69 Å². The van der Waals surface area contributed by atoms with E-state index in [0.29, 0.717) is 49.1 Å². The molecule has 1 N–H and O–H groups in total. The van der Waals surface area contributed by atoms with Crippen LogP contribution in [0.1, 0.15) is 33.5 Å². The van der Waals surface area contributed by atoms with E-state index < -0.39 is 5.97 Å². The number of rotatable bonds is 4. The van der Waals surface area contributed by atoms with Gasteiger partial charge in [-0.05, 0) is 37.3 Å². The lowest BCUT2D eigenvalue weighted by molar-refractivity contribution is -0.129. The fraction of sp³-hybridized carbons (Fsp3) is 0.350. The van der Waals surface area contributed by atoms with Crippen LogP contribution in [0.4, 0.5) is 11.6 Å². The zero-order valence-electron chi connectivity index (χ0n) is 16.6. The minimum Gasteiger partial charge on any atom is -0.465 e. The van der Waals surface area contributed by atoms with Gasteiger partial charge in [0.05, 0.1) is 12.7 Å². The van der Waals surface area contributed by atoms with E-state index in [-0.39, 0.29) is 17.5 Å². The summed E-state index contributed by atoms with van der Waals surface area (Å²) in [6.45, 7) is 5.78. The Morgan fingerprint density at radius 2 is 1.69 bits per heavy atom. The van der Waals surface area contributed by atoms with Gasteiger partial charge in [0.15, 0.2) is 0 Å². The minimum absolute atomic E-state index is 0.0492. The molecule has 0 radical (unpaired) electrons. The van der Waals surface area contributed by atoms with E-state index >= 15 is 0 Å². The highest BCUT2D eigenvalue weighted by atomic mass is 16.5. The predicted octanol–water partition coefficient (Wildman–Crippen LogP) is 1.49. The van der Waals surface area contributed by atoms with Crippen molar-refractivity contribution in [3.8, 4) is 0 Å². The molecule has 3 rings (SSSR count). The molecule has 0 atom stereocenters. The highest BCUT2D eigenvalue weighted by molar-refractivity contribution is 6.03. The number of aromatic nitrogens is 2. The maximum Gasteiger partial charge on any atom is 0.337 e. The molecule has 29 heavy (non-hydrogen) atoms. The van der Waals surface area contributed by atoms with E-state index in [4.69, 9.17) is 0 Å². The summed E-state index contributed by atoms with van der Waals surface area (Å²) in [7, 11) is 1.31. The van der Waals surface area contributed by atoms with E-state index in [1.165, 1.54) is 7.11 Å². The molecule has 2 amide bonds. The number of hydrogen-bond acceptors (Lipinski definition) is 7. The Bertz CT molecular complexity index is 921. The first-order chi connectivity index (χ1) is 13.9. The van der Waals surface area contributed by atoms with Crippen molar-refractivity contribution in [1.29, 1.82) is 0 Å². The summed E-state index contributed by atoms with van der Waals surface area (Å²) in [6, 6.07) is 8.02. The number of aryl methyl sites for hydroxylation is 1. The number of benzene rings is 1. The van der Waals surface area contributed by atoms with Crippen molar-refractivity contribution in [2.45, 2.75) is 13.8 Å². The highest BCUT2D eigenvalue weighted by Crippen LogP contribution is 2.16. The molecule has 1 aromatic heterocycles. The number of methoxy groups -OCH3 is 1. The second kappa shape index (κ2) is 8.68. The van der Waals surface area contributed by atoms with Crippen molar-refractivity contribution < 1.29 is 19.1 Å². The monoisotopic (exact) mass is 397 g/mol. The summed E-state index contributed by atoms with van der Waals surface area (Å²) < 4.78 is 4.66. The Morgan fingerprint density at radius 3 is 2.28 bits per heavy atom. The first-order valence-corrected chi connectivity index (χ1v) is 9.23. The van der Waals surface area contributed by atoms with Crippen LogP contribution in [0, 0.1) is 6.92 Å². The molecule has 1 aromatic carbocycles. The van der Waals surface area contributed by atoms with Crippen molar-refractivity contribution in [3.05, 3.63) is 47.3 Å². The topological polar surface area (TPSA) is 105 Å². The third-order valence-electron chi connectivity index (χ3n) is 4.65. The fourth-order valence-electron chi connectivity index (χ4n) is 3.03. The Kier molecular flexibility index (Phi) is 6.06. The molecule has 0 bridgehead atoms. The summed E-state index contributed by atoms with van der Waals surface area (Å²) in [5.41, 5.74) is 1.86. The molecular formula is C20H23N5O4. The summed E-state index contributed by atoms with van der Waals surface area (Å²) in [4.78, 5) is 48.2. The molecule has 0 unspecified atom stereocenters. The summed E-state index contributed by atoms with van der Waals surface area (Å²) >= 11 is 0. The van der Waals surface area contributed by atoms with E-state index in [1.54, 1.807) is 49.1 Å². The maximum absolute atomic E-state index is 12.7. The van der Waals surface area contributed by atoms with Gasteiger partial charge in [-0.3, -0.25) is 9.59 Å². The zero-order valence-corrected chi connectivity index (χ0v) is 16.6. The zero-order chi connectivity index (χ0) is 21.0. The third kappa shape index (κ3) is 4.87. The molecule has 1 aliphatic heterocycles. The van der Waals surface area contributed by atoms with Gasteiger partial charge in [-0.2, -0.15) is 0 Å². The number of esters is 1. The summed E-state index contributed by atoms with van der Waals surface area (Å²) in [5.74, 6) is -0.291. The first kappa shape index (κ1) is 20.2. The van der Waals surface area contributed by atoms with Crippen LogP contribution in [0.3, 0.4) is 0 Å². The van der Waals surface area contributed by atoms with Crippen LogP contribution in [0.5, 0.6) is 0 Å². The third-order valence-corrected chi connectivity index (χ3v) is 4.65. The molecule has 9 nitrogen and oxygen atoms in total. The largest absolute Gasteiger partial charge is 0.465 e. The van der Waals surface area contributed by atoms with E-state index in [1.807, 2.05) is 4.90 Å². The van der Waals surface area contributed by atoms with Gasteiger partial charge in [-0.1, -0.05) is 0 Å². The SMILES string of the molecule is COC(=O)c1ccc(NC(=O)c2cc(C)nc(N3CCN(C(C)=O)CC3)n2)cc1. The van der Waals surface area contributed by atoms with Gasteiger partial charge in [0.25, 0.3) is 5.91 Å². The maximum atomic E-state index is 12.7. The summed E-state index contributed by atoms with van der Waals surface area (Å²) in [6.07, 6.45) is 0. The fourth-order valence-corrected chi connectivity index (χ4v) is 3.03. The smallest absolute Gasteiger partial charge is 0.337 e. The van der Waals surface area contributed by atoms with E-state index in [2.05, 4.69) is 20.0 Å². The lowest BCUT2D eigenvalue weighted by atomic mass is 10.2. The average Bonchev–Trinajstić information content (AvgIpc) is 2.73. The number of piperazine rings is 1. The van der Waals surface area contributed by atoms with E-state index in [0.717, 1.165) is 0 Å². The summed E-state index contributed by atoms with van der Waals surface area (Å²) in [5, 5.41) is 2.77. The van der Waals surface area contributed by atoms with Crippen LogP contribution < -0.4 is 10.2 Å². The number of amides is 2. The van der Waals surface area contributed by atoms with Gasteiger partial charge in [-0.15, -0.1) is 0 Å². The molecule has 1 saturated heterocycles. The quantitative estimate of drug-likeness (QED) is 0.780. The van der Waals surface area contributed by atoms with Gasteiger partial charge in [0.2, 0.25) is 11.9 Å². The number of nitrogens with zero attached hydrogens (tertiary/aromatic N) is 4. The molecule has 9 heteroatoms. The number of carbonyl (C=O) groups excluding carboxylic acids is 3. The van der Waals surface area contributed by atoms with Crippen molar-refractivity contribution >= 4 is 29.4 Å². The van der Waals surface area contributed by atoms with Gasteiger partial charge in [-0.25, -0.2) is 14.8 Å². The Morgan fingerprint density at radius 1 is 1.03 bits per heavy atom. The number of nitrogens with one attached hydrogen (secondary N) is 1. The molecule has 2 heterocycles. The van der Waals surface area contributed by atoms with E-state index in [9.17, 15) is 14.4 Å². The second-order valence-electron chi connectivity index (χ2n) is 6.71. The predicted molar refractivity (Wildman–Crippen MR) is 107 cm³/mol. The molecule has 152 valence electrons. The molecule has 1 aliphatic rings. The molecule has 1 fully saturated rings. The van der Waals surface area contributed by atoms with Crippen LogP contribution in [0.25, 0.3) is 0 Å². The van der Waals surface area contributed by atoms with Gasteiger partial charge in [0, 0.05) is 44.5 Å². The second-order valence-corrected chi connectivity index (χ2v) is 6.71. The normalized spacial score (nSPS) is 13.8. The highest BCUT2D eigenvalue weighted by Gasteiger charge is 2.22. The van der Waals surface area contributed by atoms with Gasteiger partial charge < -0.3 is 19.9 Å². The number of carbonyl (C=O) groups is 3. The van der Waals surface area contributed by atoms with Crippen LogP contribution in [-0.4, -0.2) is 65.9 Å². The Balaban J connectivity index is 1.71. The molecule has 0 saturated carbocycles. The van der Waals surface area contributed by atoms with Crippen molar-refractivity contribution in [1.82, 2.24) is 14.9 Å². The van der Waals surface area contributed by atoms with Crippen molar-refractivity contribution in [2.75, 3.05) is 43.5 Å². The average molecular weight is 397 g/mol. The number of ether oxygens (including phenoxy) is 1. The number of hydrogen-bond donors (Lipinski definition) is 1. The van der Waals surface area contributed by atoms with Crippen LogP contribution in [0.15, 0.2) is 30.3 Å². The Labute approximate surface area is 168 Å². The molecule has 0 spiro atoms. The Hall–Kier alpha value is -3.49. The van der Waals surface area contributed by atoms with Crippen LogP contribution in [0.2, 0.25) is 0 Å². The van der Waals surface area contributed by atoms with Crippen molar-refractivity contribution in [2.24, 2.45) is 0 Å². The van der Waals surface area contributed by atoms with Crippen LogP contribution in [-0.2, 0) is 9.53 Å². The van der Waals surface area contributed by atoms with Crippen LogP contribution >= 0.6 is 0 Å². The molecular weight excluding hydrogens is 374 g/mol.